The molecule has 0 spiro atoms. The van der Waals surface area contributed by atoms with Crippen molar-refractivity contribution in [2.45, 2.75) is 13.8 Å². The zero-order chi connectivity index (χ0) is 7.56. The van der Waals surface area contributed by atoms with Gasteiger partial charge in [0.25, 0.3) is 0 Å². The van der Waals surface area contributed by atoms with Crippen LogP contribution in [0.4, 0.5) is 0 Å². The normalized spacial score (nSPS) is 8.55. The Kier molecular flexibility index (Phi) is 3.76. The van der Waals surface area contributed by atoms with Gasteiger partial charge in [0.2, 0.25) is 0 Å². The molecular formula is C8H10ClNO. The highest BCUT2D eigenvalue weighted by Crippen LogP contribution is 1.98. The van der Waals surface area contributed by atoms with Crippen molar-refractivity contribution in [3.8, 4) is 0 Å². The summed E-state index contributed by atoms with van der Waals surface area (Å²) in [6.07, 6.45) is 1.59. The Balaban J connectivity index is 0.000001000. The molecule has 1 aromatic rings. The molecule has 0 saturated heterocycles. The van der Waals surface area contributed by atoms with Crippen LogP contribution in [0, 0.1) is 6.92 Å². The molecule has 0 aliphatic heterocycles. The van der Waals surface area contributed by atoms with E-state index in [0.29, 0.717) is 5.56 Å². The predicted molar refractivity (Wildman–Crippen MR) is 46.2 cm³/mol. The van der Waals surface area contributed by atoms with Crippen LogP contribution in [0.1, 0.15) is 23.0 Å². The Morgan fingerprint density at radius 2 is 2.09 bits per heavy atom. The van der Waals surface area contributed by atoms with Crippen molar-refractivity contribution in [3.05, 3.63) is 29.6 Å². The molecule has 0 atom stereocenters. The molecule has 0 aliphatic carbocycles. The number of pyridine rings is 1. The minimum absolute atomic E-state index is 0. The molecule has 0 radical (unpaired) electrons. The lowest BCUT2D eigenvalue weighted by Gasteiger charge is -1.93. The third-order valence-electron chi connectivity index (χ3n) is 1.32. The summed E-state index contributed by atoms with van der Waals surface area (Å²) in [7, 11) is 0. The average molecular weight is 172 g/mol. The van der Waals surface area contributed by atoms with Crippen molar-refractivity contribution in [2.24, 2.45) is 0 Å². The topological polar surface area (TPSA) is 30.0 Å². The van der Waals surface area contributed by atoms with Crippen LogP contribution in [-0.2, 0) is 0 Å². The molecule has 1 heterocycles. The van der Waals surface area contributed by atoms with Crippen molar-refractivity contribution in [1.29, 1.82) is 0 Å². The third-order valence-corrected chi connectivity index (χ3v) is 1.32. The van der Waals surface area contributed by atoms with Gasteiger partial charge >= 0.3 is 0 Å². The van der Waals surface area contributed by atoms with Crippen LogP contribution < -0.4 is 0 Å². The lowest BCUT2D eigenvalue weighted by molar-refractivity contribution is 0.101. The molecule has 0 aromatic carbocycles. The maximum atomic E-state index is 10.7. The Morgan fingerprint density at radius 1 is 1.45 bits per heavy atom. The van der Waals surface area contributed by atoms with Crippen LogP contribution >= 0.6 is 12.4 Å². The Hall–Kier alpha value is -0.890. The van der Waals surface area contributed by atoms with Gasteiger partial charge in [0.1, 0.15) is 0 Å². The molecule has 0 saturated carbocycles. The summed E-state index contributed by atoms with van der Waals surface area (Å²) in [5.74, 6) is 0.0625. The molecule has 0 unspecified atom stereocenters. The first-order valence-electron chi connectivity index (χ1n) is 3.14. The molecule has 3 heteroatoms. The molecule has 1 aromatic heterocycles. The number of aromatic nitrogens is 1. The largest absolute Gasteiger partial charge is 0.294 e. The van der Waals surface area contributed by atoms with Crippen LogP contribution in [0.15, 0.2) is 18.3 Å². The van der Waals surface area contributed by atoms with Crippen molar-refractivity contribution in [2.75, 3.05) is 0 Å². The number of hydrogen-bond donors (Lipinski definition) is 0. The molecule has 11 heavy (non-hydrogen) atoms. The zero-order valence-electron chi connectivity index (χ0n) is 6.50. The van der Waals surface area contributed by atoms with E-state index in [-0.39, 0.29) is 18.2 Å². The highest BCUT2D eigenvalue weighted by Gasteiger charge is 1.96. The fourth-order valence-electron chi connectivity index (χ4n) is 0.676. The highest BCUT2D eigenvalue weighted by molar-refractivity contribution is 5.93. The zero-order valence-corrected chi connectivity index (χ0v) is 7.31. The number of rotatable bonds is 1. The van der Waals surface area contributed by atoms with Crippen molar-refractivity contribution < 1.29 is 4.79 Å². The van der Waals surface area contributed by atoms with E-state index in [2.05, 4.69) is 4.98 Å². The molecule has 0 aliphatic rings. The fraction of sp³-hybridized carbons (Fsp3) is 0.250. The Labute approximate surface area is 72.1 Å². The van der Waals surface area contributed by atoms with Gasteiger partial charge in [-0.1, -0.05) is 0 Å². The van der Waals surface area contributed by atoms with Crippen molar-refractivity contribution in [3.63, 3.8) is 0 Å². The summed E-state index contributed by atoms with van der Waals surface area (Å²) in [4.78, 5) is 14.7. The number of hydrogen-bond acceptors (Lipinski definition) is 2. The molecule has 0 amide bonds. The van der Waals surface area contributed by atoms with E-state index in [1.165, 1.54) is 6.92 Å². The maximum Gasteiger partial charge on any atom is 0.161 e. The lowest BCUT2D eigenvalue weighted by atomic mass is 10.2. The van der Waals surface area contributed by atoms with E-state index in [9.17, 15) is 4.79 Å². The summed E-state index contributed by atoms with van der Waals surface area (Å²) in [6, 6.07) is 3.61. The van der Waals surface area contributed by atoms with Crippen LogP contribution in [0.25, 0.3) is 0 Å². The lowest BCUT2D eigenvalue weighted by Crippen LogP contribution is -1.92. The van der Waals surface area contributed by atoms with Crippen molar-refractivity contribution in [1.82, 2.24) is 4.98 Å². The van der Waals surface area contributed by atoms with Gasteiger partial charge in [-0.15, -0.1) is 12.4 Å². The molecule has 0 bridgehead atoms. The minimum Gasteiger partial charge on any atom is -0.294 e. The monoisotopic (exact) mass is 171 g/mol. The third kappa shape index (κ3) is 2.68. The minimum atomic E-state index is 0. The van der Waals surface area contributed by atoms with Crippen LogP contribution in [0.3, 0.4) is 0 Å². The number of carbonyl (C=O) groups is 1. The van der Waals surface area contributed by atoms with Gasteiger partial charge in [0.15, 0.2) is 5.78 Å². The quantitative estimate of drug-likeness (QED) is 0.606. The first-order chi connectivity index (χ1) is 4.70. The number of Topliss-reactive ketones (excluding diaryl/α,β-unsaturated/α-hetero) is 1. The van der Waals surface area contributed by atoms with E-state index in [4.69, 9.17) is 0 Å². The second kappa shape index (κ2) is 4.09. The molecule has 0 N–H and O–H groups in total. The van der Waals surface area contributed by atoms with Crippen LogP contribution in [-0.4, -0.2) is 10.8 Å². The van der Waals surface area contributed by atoms with Gasteiger partial charge in [-0.2, -0.15) is 0 Å². The fourth-order valence-corrected chi connectivity index (χ4v) is 0.676. The van der Waals surface area contributed by atoms with Gasteiger partial charge in [-0.3, -0.25) is 9.78 Å². The SMILES string of the molecule is CC(=O)c1ccc(C)nc1.Cl. The number of ketones is 1. The predicted octanol–water partition coefficient (Wildman–Crippen LogP) is 2.01. The number of nitrogens with zero attached hydrogens (tertiary/aromatic N) is 1. The van der Waals surface area contributed by atoms with Gasteiger partial charge in [0, 0.05) is 17.5 Å². The van der Waals surface area contributed by atoms with Crippen LogP contribution in [0.5, 0.6) is 0 Å². The number of halogens is 1. The summed E-state index contributed by atoms with van der Waals surface area (Å²) < 4.78 is 0. The van der Waals surface area contributed by atoms with Gasteiger partial charge in [-0.05, 0) is 26.0 Å². The molecule has 2 nitrogen and oxygen atoms in total. The summed E-state index contributed by atoms with van der Waals surface area (Å²) >= 11 is 0. The summed E-state index contributed by atoms with van der Waals surface area (Å²) in [5.41, 5.74) is 1.61. The number of aryl methyl sites for hydroxylation is 1. The van der Waals surface area contributed by atoms with E-state index >= 15 is 0 Å². The standard InChI is InChI=1S/C8H9NO.ClH/c1-6-3-4-8(5-9-6)7(2)10;/h3-5H,1-2H3;1H. The van der Waals surface area contributed by atoms with E-state index < -0.39 is 0 Å². The molecule has 60 valence electrons. The van der Waals surface area contributed by atoms with Gasteiger partial charge in [0.05, 0.1) is 0 Å². The van der Waals surface area contributed by atoms with E-state index in [0.717, 1.165) is 5.69 Å². The first kappa shape index (κ1) is 10.1. The van der Waals surface area contributed by atoms with Gasteiger partial charge < -0.3 is 0 Å². The average Bonchev–Trinajstić information content (AvgIpc) is 1.88. The number of carbonyl (C=O) groups excluding carboxylic acids is 1. The molecule has 1 rings (SSSR count). The maximum absolute atomic E-state index is 10.7. The second-order valence-corrected chi connectivity index (χ2v) is 2.24. The smallest absolute Gasteiger partial charge is 0.161 e. The van der Waals surface area contributed by atoms with Crippen molar-refractivity contribution >= 4 is 18.2 Å². The molecule has 0 fully saturated rings. The highest BCUT2D eigenvalue weighted by atomic mass is 35.5. The Bertz CT molecular complexity index is 243. The summed E-state index contributed by atoms with van der Waals surface area (Å²) in [5, 5.41) is 0. The summed E-state index contributed by atoms with van der Waals surface area (Å²) in [6.45, 7) is 3.43. The Morgan fingerprint density at radius 3 is 2.45 bits per heavy atom. The first-order valence-corrected chi connectivity index (χ1v) is 3.14. The molecular weight excluding hydrogens is 162 g/mol. The van der Waals surface area contributed by atoms with E-state index in [1.807, 2.05) is 13.0 Å². The van der Waals surface area contributed by atoms with Gasteiger partial charge in [-0.25, -0.2) is 0 Å². The van der Waals surface area contributed by atoms with Crippen LogP contribution in [0.2, 0.25) is 0 Å². The van der Waals surface area contributed by atoms with E-state index in [1.54, 1.807) is 12.3 Å². The second-order valence-electron chi connectivity index (χ2n) is 2.24.